The first kappa shape index (κ1) is 30.9. The Balaban J connectivity index is 1.58. The number of hydrogen-bond donors (Lipinski definition) is 0. The van der Waals surface area contributed by atoms with Gasteiger partial charge in [0.05, 0.1) is 43.1 Å². The second-order valence-electron chi connectivity index (χ2n) is 11.9. The van der Waals surface area contributed by atoms with Crippen LogP contribution in [0.4, 0.5) is 5.69 Å². The lowest BCUT2D eigenvalue weighted by Crippen LogP contribution is -2.37. The summed E-state index contributed by atoms with van der Waals surface area (Å²) in [5, 5.41) is 3.10. The molecule has 8 heteroatoms. The van der Waals surface area contributed by atoms with E-state index in [1.165, 1.54) is 12.7 Å². The minimum absolute atomic E-state index is 0.0531. The highest BCUT2D eigenvalue weighted by atomic mass is 32.1. The minimum Gasteiger partial charge on any atom is -0.496 e. The molecule has 1 unspecified atom stereocenters. The van der Waals surface area contributed by atoms with Gasteiger partial charge in [-0.15, -0.1) is 17.9 Å². The monoisotopic (exact) mass is 579 g/mol. The summed E-state index contributed by atoms with van der Waals surface area (Å²) in [6.07, 6.45) is 7.79. The molecule has 0 bridgehead atoms. The highest BCUT2D eigenvalue weighted by Crippen LogP contribution is 2.48. The Hall–Kier alpha value is -3.00. The molecule has 4 rings (SSSR count). The average Bonchev–Trinajstić information content (AvgIpc) is 3.63. The standard InChI is InChI=1S/C33H45N3O4S/c1-8-9-10-11-14-36(5)32(37)25-16-22(17-26(25)33(38)40-7)15-23-18-27(31-35-28(19-41-31)20(2)3)34-30-21(4)29(39-6)13-12-24(23)30/h8,12-13,19-20,22-23,25-26H,1,9-11,14-18H2,2-7H3/t22-,23?,25+,26+/m0/s1. The van der Waals surface area contributed by atoms with Crippen LogP contribution in [0.2, 0.25) is 0 Å². The Morgan fingerprint density at radius 3 is 2.61 bits per heavy atom. The van der Waals surface area contributed by atoms with Gasteiger partial charge in [-0.25, -0.2) is 9.98 Å². The minimum atomic E-state index is -0.408. The van der Waals surface area contributed by atoms with Crippen molar-refractivity contribution in [1.82, 2.24) is 9.88 Å². The molecule has 1 aromatic carbocycles. The molecule has 0 spiro atoms. The number of carbonyl (C=O) groups excluding carboxylic acids is 2. The number of fused-ring (bicyclic) bond motifs is 1. The van der Waals surface area contributed by atoms with Gasteiger partial charge in [-0.3, -0.25) is 9.59 Å². The third kappa shape index (κ3) is 6.91. The number of esters is 1. The first-order valence-electron chi connectivity index (χ1n) is 14.8. The van der Waals surface area contributed by atoms with Gasteiger partial charge in [-0.2, -0.15) is 0 Å². The summed E-state index contributed by atoms with van der Waals surface area (Å²) in [6, 6.07) is 4.17. The fourth-order valence-corrected chi connectivity index (χ4v) is 7.39. The molecule has 1 fully saturated rings. The van der Waals surface area contributed by atoms with E-state index in [0.29, 0.717) is 25.3 Å². The number of ether oxygens (including phenoxy) is 2. The van der Waals surface area contributed by atoms with Gasteiger partial charge in [0.25, 0.3) is 0 Å². The number of rotatable bonds is 12. The van der Waals surface area contributed by atoms with Crippen molar-refractivity contribution in [2.45, 2.75) is 77.6 Å². The molecule has 1 aromatic heterocycles. The van der Waals surface area contributed by atoms with Crippen LogP contribution in [-0.4, -0.2) is 55.3 Å². The fourth-order valence-electron chi connectivity index (χ4n) is 6.41. The summed E-state index contributed by atoms with van der Waals surface area (Å²) in [4.78, 5) is 38.2. The molecule has 1 aliphatic heterocycles. The van der Waals surface area contributed by atoms with E-state index in [1.807, 2.05) is 19.2 Å². The maximum absolute atomic E-state index is 13.5. The molecule has 4 atom stereocenters. The molecule has 7 nitrogen and oxygen atoms in total. The average molecular weight is 580 g/mol. The Morgan fingerprint density at radius 2 is 1.95 bits per heavy atom. The van der Waals surface area contributed by atoms with Crippen molar-refractivity contribution in [2.75, 3.05) is 27.8 Å². The van der Waals surface area contributed by atoms with Crippen molar-refractivity contribution in [3.05, 3.63) is 52.0 Å². The largest absolute Gasteiger partial charge is 0.496 e. The zero-order valence-electron chi connectivity index (χ0n) is 25.4. The Morgan fingerprint density at radius 1 is 1.20 bits per heavy atom. The molecule has 1 aliphatic carbocycles. The number of amides is 1. The molecule has 0 saturated heterocycles. The van der Waals surface area contributed by atoms with Crippen LogP contribution < -0.4 is 4.74 Å². The highest BCUT2D eigenvalue weighted by molar-refractivity contribution is 7.11. The van der Waals surface area contributed by atoms with E-state index in [-0.39, 0.29) is 29.6 Å². The first-order valence-corrected chi connectivity index (χ1v) is 15.7. The normalized spacial score (nSPS) is 21.8. The molecule has 1 saturated carbocycles. The molecule has 2 aromatic rings. The van der Waals surface area contributed by atoms with Crippen LogP contribution in [0.1, 0.15) is 92.5 Å². The predicted molar refractivity (Wildman–Crippen MR) is 166 cm³/mol. The number of unbranched alkanes of at least 4 members (excludes halogenated alkanes) is 2. The van der Waals surface area contributed by atoms with Crippen molar-refractivity contribution in [2.24, 2.45) is 22.7 Å². The maximum Gasteiger partial charge on any atom is 0.309 e. The number of allylic oxidation sites excluding steroid dienone is 1. The molecule has 2 heterocycles. The smallest absolute Gasteiger partial charge is 0.309 e. The van der Waals surface area contributed by atoms with Crippen molar-refractivity contribution in [3.63, 3.8) is 0 Å². The van der Waals surface area contributed by atoms with Crippen LogP contribution in [0.15, 0.2) is 35.2 Å². The molecule has 2 aliphatic rings. The van der Waals surface area contributed by atoms with E-state index in [0.717, 1.165) is 65.5 Å². The zero-order chi connectivity index (χ0) is 29.7. The van der Waals surface area contributed by atoms with Crippen molar-refractivity contribution >= 4 is 34.6 Å². The van der Waals surface area contributed by atoms with Crippen molar-refractivity contribution in [1.29, 1.82) is 0 Å². The molecule has 0 radical (unpaired) electrons. The number of nitrogens with zero attached hydrogens (tertiary/aromatic N) is 3. The molecule has 41 heavy (non-hydrogen) atoms. The number of methoxy groups -OCH3 is 2. The van der Waals surface area contributed by atoms with E-state index >= 15 is 0 Å². The molecule has 0 N–H and O–H groups in total. The van der Waals surface area contributed by atoms with Crippen molar-refractivity contribution < 1.29 is 19.1 Å². The number of benzene rings is 1. The fraction of sp³-hybridized carbons (Fsp3) is 0.576. The van der Waals surface area contributed by atoms with Crippen LogP contribution >= 0.6 is 11.3 Å². The summed E-state index contributed by atoms with van der Waals surface area (Å²) in [7, 11) is 4.97. The lowest BCUT2D eigenvalue weighted by molar-refractivity contribution is -0.151. The van der Waals surface area contributed by atoms with Crippen LogP contribution in [0.5, 0.6) is 5.75 Å². The van der Waals surface area contributed by atoms with Crippen LogP contribution in [-0.2, 0) is 14.3 Å². The van der Waals surface area contributed by atoms with Gasteiger partial charge < -0.3 is 14.4 Å². The van der Waals surface area contributed by atoms with E-state index in [1.54, 1.807) is 23.3 Å². The lowest BCUT2D eigenvalue weighted by atomic mass is 9.81. The number of carbonyl (C=O) groups is 2. The third-order valence-electron chi connectivity index (χ3n) is 8.75. The lowest BCUT2D eigenvalue weighted by Gasteiger charge is -2.28. The second kappa shape index (κ2) is 13.8. The second-order valence-corrected chi connectivity index (χ2v) is 12.7. The van der Waals surface area contributed by atoms with Crippen LogP contribution in [0.3, 0.4) is 0 Å². The number of aromatic nitrogens is 1. The third-order valence-corrected chi connectivity index (χ3v) is 9.66. The number of hydrogen-bond acceptors (Lipinski definition) is 7. The van der Waals surface area contributed by atoms with Gasteiger partial charge in [0.1, 0.15) is 10.8 Å². The Kier molecular flexibility index (Phi) is 10.4. The van der Waals surface area contributed by atoms with E-state index in [4.69, 9.17) is 19.5 Å². The molecular formula is C33H45N3O4S. The summed E-state index contributed by atoms with van der Waals surface area (Å²) in [5.74, 6) is 0.638. The first-order chi connectivity index (χ1) is 19.7. The highest BCUT2D eigenvalue weighted by Gasteiger charge is 2.45. The van der Waals surface area contributed by atoms with Gasteiger partial charge >= 0.3 is 5.97 Å². The van der Waals surface area contributed by atoms with Gasteiger partial charge in [-0.05, 0) is 81.3 Å². The van der Waals surface area contributed by atoms with Crippen LogP contribution in [0, 0.1) is 24.7 Å². The van der Waals surface area contributed by atoms with E-state index in [2.05, 4.69) is 38.8 Å². The van der Waals surface area contributed by atoms with Gasteiger partial charge in [0.2, 0.25) is 5.91 Å². The number of aliphatic imine (C=N–C) groups is 1. The quantitative estimate of drug-likeness (QED) is 0.151. The van der Waals surface area contributed by atoms with E-state index < -0.39 is 5.92 Å². The molecular weight excluding hydrogens is 534 g/mol. The van der Waals surface area contributed by atoms with Gasteiger partial charge in [0, 0.05) is 24.5 Å². The SMILES string of the molecule is C=CCCCCN(C)C(=O)[C@@H]1C[C@H](CC2CC(c3nc(C(C)C)cs3)=Nc3c2ccc(OC)c3C)C[C@H]1C(=O)OC. The summed E-state index contributed by atoms with van der Waals surface area (Å²) < 4.78 is 10.8. The topological polar surface area (TPSA) is 81.1 Å². The number of thiazole rings is 1. The van der Waals surface area contributed by atoms with Crippen molar-refractivity contribution in [3.8, 4) is 5.75 Å². The summed E-state index contributed by atoms with van der Waals surface area (Å²) in [6.45, 7) is 10.8. The predicted octanol–water partition coefficient (Wildman–Crippen LogP) is 7.21. The maximum atomic E-state index is 13.5. The molecule has 1 amide bonds. The summed E-state index contributed by atoms with van der Waals surface area (Å²) in [5.41, 5.74) is 5.29. The van der Waals surface area contributed by atoms with Gasteiger partial charge in [-0.1, -0.05) is 26.0 Å². The summed E-state index contributed by atoms with van der Waals surface area (Å²) >= 11 is 1.65. The molecule has 222 valence electrons. The van der Waals surface area contributed by atoms with E-state index in [9.17, 15) is 9.59 Å². The van der Waals surface area contributed by atoms with Crippen LogP contribution in [0.25, 0.3) is 0 Å². The zero-order valence-corrected chi connectivity index (χ0v) is 26.3. The Bertz CT molecular complexity index is 1280. The van der Waals surface area contributed by atoms with Gasteiger partial charge in [0.15, 0.2) is 0 Å². The Labute approximate surface area is 249 Å².